The molecule has 6 N–H and O–H groups in total. The largest absolute Gasteiger partial charge is 0.393 e. The zero-order chi connectivity index (χ0) is 31.9. The number of benzene rings is 2. The van der Waals surface area contributed by atoms with E-state index in [1.54, 1.807) is 0 Å². The molecule has 0 spiro atoms. The summed E-state index contributed by atoms with van der Waals surface area (Å²) >= 11 is 0. The minimum Gasteiger partial charge on any atom is -0.393 e. The minimum absolute atomic E-state index is 0.0370. The van der Waals surface area contributed by atoms with Crippen LogP contribution >= 0.6 is 0 Å². The average molecular weight is 618 g/mol. The van der Waals surface area contributed by atoms with Crippen LogP contribution < -0.4 is 16.4 Å². The normalized spacial score (nSPS) is 38.1. The van der Waals surface area contributed by atoms with Crippen molar-refractivity contribution in [1.82, 2.24) is 5.32 Å². The predicted molar refractivity (Wildman–Crippen MR) is 179 cm³/mol. The van der Waals surface area contributed by atoms with Gasteiger partial charge in [0.05, 0.1) is 12.2 Å². The van der Waals surface area contributed by atoms with E-state index < -0.39 is 6.10 Å². The smallest absolute Gasteiger partial charge is 0.224 e. The van der Waals surface area contributed by atoms with E-state index in [1.807, 2.05) is 30.3 Å². The lowest BCUT2D eigenvalue weighted by atomic mass is 9.43. The molecule has 2 aromatic rings. The molecule has 45 heavy (non-hydrogen) atoms. The molecular formula is C38H55N3O4. The fourth-order valence-corrected chi connectivity index (χ4v) is 11.0. The maximum atomic E-state index is 13.1. The number of aliphatic hydroxyl groups excluding tert-OH is 2. The summed E-state index contributed by atoms with van der Waals surface area (Å²) in [5.74, 6) is 1.85. The van der Waals surface area contributed by atoms with Crippen LogP contribution in [0.5, 0.6) is 0 Å². The molecule has 11 atom stereocenters. The number of amides is 2. The zero-order valence-corrected chi connectivity index (χ0v) is 27.5. The number of carbonyl (C=O) groups is 2. The molecule has 2 amide bonds. The second-order valence-corrected chi connectivity index (χ2v) is 15.6. The lowest BCUT2D eigenvalue weighted by Gasteiger charge is -2.63. The van der Waals surface area contributed by atoms with Gasteiger partial charge in [-0.05, 0) is 122 Å². The van der Waals surface area contributed by atoms with Crippen molar-refractivity contribution < 1.29 is 19.8 Å². The predicted octanol–water partition coefficient (Wildman–Crippen LogP) is 6.02. The summed E-state index contributed by atoms with van der Waals surface area (Å²) in [6.07, 6.45) is 8.10. The molecular weight excluding hydrogens is 562 g/mol. The molecule has 0 saturated heterocycles. The van der Waals surface area contributed by atoms with Gasteiger partial charge >= 0.3 is 0 Å². The third-order valence-corrected chi connectivity index (χ3v) is 13.4. The van der Waals surface area contributed by atoms with Gasteiger partial charge in [-0.1, -0.05) is 57.2 Å². The lowest BCUT2D eigenvalue weighted by Crippen LogP contribution is -2.63. The van der Waals surface area contributed by atoms with E-state index in [9.17, 15) is 19.8 Å². The van der Waals surface area contributed by atoms with E-state index in [0.29, 0.717) is 43.6 Å². The average Bonchev–Trinajstić information content (AvgIpc) is 3.38. The lowest BCUT2D eigenvalue weighted by molar-refractivity contribution is -0.202. The van der Waals surface area contributed by atoms with Crippen molar-refractivity contribution >= 4 is 28.3 Å². The summed E-state index contributed by atoms with van der Waals surface area (Å²) in [6, 6.07) is 14.3. The van der Waals surface area contributed by atoms with E-state index in [2.05, 4.69) is 43.5 Å². The monoisotopic (exact) mass is 617 g/mol. The SMILES string of the molecule is C[C@H](CCC(=O)Nc1cccc2ccccc12)[C@H]1CC[C@H]2[C@@H]3[C@H](O)C[C@@H]4C[C@H](NC(=O)CCCN)CC[C@]4(C)[C@H]3C[C@H](O)[C@]12C. The number of nitrogens with one attached hydrogen (secondary N) is 2. The van der Waals surface area contributed by atoms with Crippen LogP contribution in [0.25, 0.3) is 10.8 Å². The zero-order valence-electron chi connectivity index (χ0n) is 27.5. The Bertz CT molecular complexity index is 1380. The highest BCUT2D eigenvalue weighted by molar-refractivity contribution is 6.02. The second-order valence-electron chi connectivity index (χ2n) is 15.6. The molecule has 4 aliphatic carbocycles. The quantitative estimate of drug-likeness (QED) is 0.235. The third-order valence-electron chi connectivity index (χ3n) is 13.4. The molecule has 0 aliphatic heterocycles. The molecule has 246 valence electrons. The maximum absolute atomic E-state index is 13.1. The van der Waals surface area contributed by atoms with Crippen molar-refractivity contribution in [2.24, 2.45) is 52.1 Å². The first kappa shape index (κ1) is 32.5. The van der Waals surface area contributed by atoms with E-state index in [4.69, 9.17) is 5.73 Å². The van der Waals surface area contributed by atoms with Crippen LogP contribution in [0, 0.1) is 46.3 Å². The summed E-state index contributed by atoms with van der Waals surface area (Å²) in [6.45, 7) is 7.49. The summed E-state index contributed by atoms with van der Waals surface area (Å²) in [7, 11) is 0. The van der Waals surface area contributed by atoms with E-state index in [0.717, 1.165) is 67.8 Å². The van der Waals surface area contributed by atoms with Crippen LogP contribution in [0.4, 0.5) is 5.69 Å². The Kier molecular flexibility index (Phi) is 9.35. The van der Waals surface area contributed by atoms with E-state index >= 15 is 0 Å². The van der Waals surface area contributed by atoms with Crippen LogP contribution in [0.1, 0.15) is 91.4 Å². The standard InChI is InChI=1S/C38H55N3O4/c1-23(13-16-35(45)41-31-11-6-9-24-8-4-5-10-27(24)31)28-14-15-29-36-30(22-33(43)38(28,29)3)37(2)18-17-26(20-25(37)21-32(36)42)40-34(44)12-7-19-39/h4-6,8-11,23,25-26,28-30,32-33,36,42-43H,7,12-22,39H2,1-3H3,(H,40,44)(H,41,45)/t23-,25+,26-,28-,29+,30+,32-,33+,36+,37+,38-/m1/s1. The number of hydrogen-bond acceptors (Lipinski definition) is 5. The summed E-state index contributed by atoms with van der Waals surface area (Å²) in [4.78, 5) is 25.5. The Labute approximate surface area is 269 Å². The molecule has 4 aliphatic rings. The van der Waals surface area contributed by atoms with Gasteiger partial charge in [0.2, 0.25) is 11.8 Å². The molecule has 6 rings (SSSR count). The van der Waals surface area contributed by atoms with Gasteiger partial charge in [0, 0.05) is 30.0 Å². The second kappa shape index (κ2) is 13.0. The molecule has 7 nitrogen and oxygen atoms in total. The fourth-order valence-electron chi connectivity index (χ4n) is 11.0. The first-order valence-electron chi connectivity index (χ1n) is 17.7. The van der Waals surface area contributed by atoms with Crippen LogP contribution in [0.15, 0.2) is 42.5 Å². The van der Waals surface area contributed by atoms with Gasteiger partial charge in [-0.3, -0.25) is 9.59 Å². The van der Waals surface area contributed by atoms with Crippen molar-refractivity contribution in [2.45, 2.75) is 110 Å². The molecule has 0 heterocycles. The third kappa shape index (κ3) is 5.94. The van der Waals surface area contributed by atoms with E-state index in [-0.39, 0.29) is 52.5 Å². The van der Waals surface area contributed by atoms with Crippen molar-refractivity contribution in [3.05, 3.63) is 42.5 Å². The Morgan fingerprint density at radius 2 is 1.73 bits per heavy atom. The van der Waals surface area contributed by atoms with Crippen LogP contribution in [0.3, 0.4) is 0 Å². The highest BCUT2D eigenvalue weighted by Crippen LogP contribution is 2.68. The number of aliphatic hydroxyl groups is 2. The Morgan fingerprint density at radius 3 is 2.53 bits per heavy atom. The van der Waals surface area contributed by atoms with Crippen LogP contribution in [-0.2, 0) is 9.59 Å². The van der Waals surface area contributed by atoms with Gasteiger partial charge in [0.1, 0.15) is 0 Å². The van der Waals surface area contributed by atoms with Crippen LogP contribution in [0.2, 0.25) is 0 Å². The van der Waals surface area contributed by atoms with Crippen molar-refractivity contribution in [1.29, 1.82) is 0 Å². The van der Waals surface area contributed by atoms with Gasteiger partial charge in [0.25, 0.3) is 0 Å². The molecule has 7 heteroatoms. The summed E-state index contributed by atoms with van der Waals surface area (Å²) < 4.78 is 0. The van der Waals surface area contributed by atoms with Crippen LogP contribution in [-0.4, -0.2) is 46.8 Å². The van der Waals surface area contributed by atoms with Gasteiger partial charge < -0.3 is 26.6 Å². The maximum Gasteiger partial charge on any atom is 0.224 e. The van der Waals surface area contributed by atoms with E-state index in [1.165, 1.54) is 0 Å². The Hall–Kier alpha value is -2.48. The number of hydrogen-bond donors (Lipinski definition) is 5. The topological polar surface area (TPSA) is 125 Å². The minimum atomic E-state index is -0.417. The molecule has 4 fully saturated rings. The van der Waals surface area contributed by atoms with Crippen molar-refractivity contribution in [2.75, 3.05) is 11.9 Å². The highest BCUT2D eigenvalue weighted by Gasteiger charge is 2.65. The molecule has 4 saturated carbocycles. The van der Waals surface area contributed by atoms with Gasteiger partial charge in [-0.2, -0.15) is 0 Å². The first-order valence-corrected chi connectivity index (χ1v) is 17.7. The number of carbonyl (C=O) groups excluding carboxylic acids is 2. The highest BCUT2D eigenvalue weighted by atomic mass is 16.3. The molecule has 0 aromatic heterocycles. The molecule has 0 unspecified atom stereocenters. The number of rotatable bonds is 9. The van der Waals surface area contributed by atoms with Crippen molar-refractivity contribution in [3.63, 3.8) is 0 Å². The molecule has 0 radical (unpaired) electrons. The number of fused-ring (bicyclic) bond motifs is 6. The van der Waals surface area contributed by atoms with Crippen molar-refractivity contribution in [3.8, 4) is 0 Å². The van der Waals surface area contributed by atoms with Gasteiger partial charge in [-0.25, -0.2) is 0 Å². The number of anilines is 1. The Morgan fingerprint density at radius 1 is 0.956 bits per heavy atom. The number of nitrogens with two attached hydrogens (primary N) is 1. The molecule has 0 bridgehead atoms. The molecule has 2 aromatic carbocycles. The fraction of sp³-hybridized carbons (Fsp3) is 0.684. The first-order chi connectivity index (χ1) is 21.6. The Balaban J connectivity index is 1.10. The van der Waals surface area contributed by atoms with Gasteiger partial charge in [0.15, 0.2) is 0 Å². The summed E-state index contributed by atoms with van der Waals surface area (Å²) in [5.41, 5.74) is 6.26. The van der Waals surface area contributed by atoms with Gasteiger partial charge in [-0.15, -0.1) is 0 Å². The summed E-state index contributed by atoms with van der Waals surface area (Å²) in [5, 5.41) is 32.3.